The molecule has 3 aliphatic rings. The summed E-state index contributed by atoms with van der Waals surface area (Å²) in [6, 6.07) is 8.57. The van der Waals surface area contributed by atoms with Crippen LogP contribution in [-0.4, -0.2) is 39.7 Å². The monoisotopic (exact) mass is 536 g/mol. The van der Waals surface area contributed by atoms with Gasteiger partial charge in [0, 0.05) is 31.5 Å². The molecule has 1 aromatic heterocycles. The van der Waals surface area contributed by atoms with E-state index in [0.717, 1.165) is 49.0 Å². The molecule has 0 spiro atoms. The number of amides is 2. The summed E-state index contributed by atoms with van der Waals surface area (Å²) in [5.41, 5.74) is 2.12. The number of para-hydroxylation sites is 2. The molecule has 0 saturated heterocycles. The van der Waals surface area contributed by atoms with Crippen molar-refractivity contribution in [2.24, 2.45) is 22.7 Å². The van der Waals surface area contributed by atoms with Crippen molar-refractivity contribution in [2.45, 2.75) is 117 Å². The van der Waals surface area contributed by atoms with Crippen molar-refractivity contribution >= 4 is 23.0 Å². The summed E-state index contributed by atoms with van der Waals surface area (Å²) in [4.78, 5) is 30.3. The minimum Gasteiger partial charge on any atom is -0.444 e. The number of rotatable bonds is 7. The fraction of sp³-hybridized carbons (Fsp3) is 0.719. The Morgan fingerprint density at radius 2 is 1.79 bits per heavy atom. The molecule has 3 atom stereocenters. The lowest BCUT2D eigenvalue weighted by atomic mass is 9.69. The van der Waals surface area contributed by atoms with E-state index in [1.807, 2.05) is 26.8 Å². The molecule has 2 bridgehead atoms. The quantitative estimate of drug-likeness (QED) is 0.420. The summed E-state index contributed by atoms with van der Waals surface area (Å²) >= 11 is 0. The molecule has 7 nitrogen and oxygen atoms in total. The maximum atomic E-state index is 13.2. The second-order valence-corrected chi connectivity index (χ2v) is 14.2. The highest BCUT2D eigenvalue weighted by Gasteiger charge is 2.61. The molecule has 1 heterocycles. The molecule has 0 radical (unpaired) electrons. The molecule has 2 N–H and O–H groups in total. The van der Waals surface area contributed by atoms with Crippen molar-refractivity contribution in [3.63, 3.8) is 0 Å². The number of nitrogens with zero attached hydrogens (tertiary/aromatic N) is 2. The molecule has 7 heteroatoms. The smallest absolute Gasteiger partial charge is 0.407 e. The summed E-state index contributed by atoms with van der Waals surface area (Å²) in [6.45, 7) is 14.1. The average Bonchev–Trinajstić information content (AvgIpc) is 3.41. The Morgan fingerprint density at radius 3 is 2.44 bits per heavy atom. The van der Waals surface area contributed by atoms with E-state index >= 15 is 0 Å². The highest BCUT2D eigenvalue weighted by Crippen LogP contribution is 2.65. The predicted octanol–water partition coefficient (Wildman–Crippen LogP) is 6.56. The minimum absolute atomic E-state index is 0.158. The van der Waals surface area contributed by atoms with Crippen molar-refractivity contribution in [2.75, 3.05) is 6.54 Å². The number of fused-ring (bicyclic) bond motifs is 3. The number of hydrogen-bond donors (Lipinski definition) is 2. The molecule has 5 rings (SSSR count). The molecule has 2 unspecified atom stereocenters. The van der Waals surface area contributed by atoms with Gasteiger partial charge in [0.15, 0.2) is 0 Å². The van der Waals surface area contributed by atoms with Gasteiger partial charge in [0.2, 0.25) is 5.91 Å². The number of aryl methyl sites for hydroxylation is 1. The summed E-state index contributed by atoms with van der Waals surface area (Å²) in [6.07, 6.45) is 7.90. The molecule has 2 amide bonds. The maximum Gasteiger partial charge on any atom is 0.407 e. The van der Waals surface area contributed by atoms with E-state index in [9.17, 15) is 9.59 Å². The molecule has 2 aromatic rings. The fourth-order valence-electron chi connectivity index (χ4n) is 7.71. The van der Waals surface area contributed by atoms with Gasteiger partial charge >= 0.3 is 6.09 Å². The summed E-state index contributed by atoms with van der Waals surface area (Å²) in [7, 11) is 0. The standard InChI is InChI=1S/C32H48N4O3/c1-30(2,3)39-29(38)33-20-21-11-13-22(14-12-21)28-34-24-9-7-8-10-25(24)36(28)18-16-27(37)35-26-19-23-15-17-32(26,6)31(23,4)5/h7-10,21-23,26H,11-20H2,1-6H3,(H,33,38)(H,35,37)/t21?,22?,23?,26?,32-/m0/s1. The third-order valence-corrected chi connectivity index (χ3v) is 10.5. The summed E-state index contributed by atoms with van der Waals surface area (Å²) < 4.78 is 7.69. The van der Waals surface area contributed by atoms with Gasteiger partial charge in [0.05, 0.1) is 11.0 Å². The van der Waals surface area contributed by atoms with E-state index in [1.54, 1.807) is 0 Å². The van der Waals surface area contributed by atoms with Crippen LogP contribution in [0, 0.1) is 22.7 Å². The van der Waals surface area contributed by atoms with E-state index < -0.39 is 5.60 Å². The SMILES string of the molecule is CC(C)(C)OC(=O)NCC1CCC(c2nc3ccccc3n2CCC(=O)NC2CC3CC[C@]2(C)C3(C)C)CC1. The number of alkyl carbamates (subject to hydrolysis) is 1. The van der Waals surface area contributed by atoms with Crippen molar-refractivity contribution in [3.05, 3.63) is 30.1 Å². The van der Waals surface area contributed by atoms with Gasteiger partial charge in [-0.05, 0) is 101 Å². The van der Waals surface area contributed by atoms with Crippen LogP contribution in [0.2, 0.25) is 0 Å². The molecular weight excluding hydrogens is 488 g/mol. The van der Waals surface area contributed by atoms with Crippen LogP contribution in [0.4, 0.5) is 4.79 Å². The first kappa shape index (κ1) is 28.0. The highest BCUT2D eigenvalue weighted by molar-refractivity contribution is 5.78. The lowest BCUT2D eigenvalue weighted by Gasteiger charge is -2.39. The Balaban J connectivity index is 1.20. The summed E-state index contributed by atoms with van der Waals surface area (Å²) in [5.74, 6) is 2.79. The van der Waals surface area contributed by atoms with Crippen LogP contribution in [0.3, 0.4) is 0 Å². The second-order valence-electron chi connectivity index (χ2n) is 14.2. The van der Waals surface area contributed by atoms with E-state index in [2.05, 4.69) is 54.2 Å². The third kappa shape index (κ3) is 5.55. The number of benzene rings is 1. The zero-order valence-corrected chi connectivity index (χ0v) is 24.8. The maximum absolute atomic E-state index is 13.2. The van der Waals surface area contributed by atoms with Crippen LogP contribution in [0.15, 0.2) is 24.3 Å². The molecule has 214 valence electrons. The first-order chi connectivity index (χ1) is 18.4. The number of hydrogen-bond acceptors (Lipinski definition) is 4. The summed E-state index contributed by atoms with van der Waals surface area (Å²) in [5, 5.41) is 6.39. The van der Waals surface area contributed by atoms with Gasteiger partial charge in [0.1, 0.15) is 11.4 Å². The molecule has 3 aliphatic carbocycles. The average molecular weight is 537 g/mol. The van der Waals surface area contributed by atoms with Crippen LogP contribution in [0.25, 0.3) is 11.0 Å². The minimum atomic E-state index is -0.483. The van der Waals surface area contributed by atoms with Crippen LogP contribution in [-0.2, 0) is 16.1 Å². The van der Waals surface area contributed by atoms with Gasteiger partial charge in [-0.25, -0.2) is 9.78 Å². The van der Waals surface area contributed by atoms with Gasteiger partial charge in [-0.3, -0.25) is 4.79 Å². The number of imidazole rings is 1. The zero-order chi connectivity index (χ0) is 28.0. The molecular formula is C32H48N4O3. The number of nitrogens with one attached hydrogen (secondary N) is 2. The van der Waals surface area contributed by atoms with E-state index in [-0.39, 0.29) is 23.5 Å². The Labute approximate surface area is 233 Å². The number of carbonyl (C=O) groups is 2. The Hall–Kier alpha value is -2.57. The van der Waals surface area contributed by atoms with Crippen molar-refractivity contribution in [3.8, 4) is 0 Å². The largest absolute Gasteiger partial charge is 0.444 e. The highest BCUT2D eigenvalue weighted by atomic mass is 16.6. The normalized spacial score (nSPS) is 29.9. The van der Waals surface area contributed by atoms with E-state index in [1.165, 1.54) is 12.8 Å². The number of ether oxygens (including phenoxy) is 1. The molecule has 0 aliphatic heterocycles. The van der Waals surface area contributed by atoms with Crippen LogP contribution in [0.1, 0.15) is 105 Å². The van der Waals surface area contributed by atoms with Crippen LogP contribution < -0.4 is 10.6 Å². The van der Waals surface area contributed by atoms with Gasteiger partial charge in [-0.2, -0.15) is 0 Å². The van der Waals surface area contributed by atoms with Gasteiger partial charge in [-0.1, -0.05) is 32.9 Å². The first-order valence-electron chi connectivity index (χ1n) is 15.1. The van der Waals surface area contributed by atoms with Crippen molar-refractivity contribution in [1.82, 2.24) is 20.2 Å². The van der Waals surface area contributed by atoms with E-state index in [0.29, 0.717) is 42.7 Å². The Bertz CT molecular complexity index is 1200. The lowest BCUT2D eigenvalue weighted by molar-refractivity contribution is -0.123. The molecule has 1 aromatic carbocycles. The number of carbonyl (C=O) groups excluding carboxylic acids is 2. The topological polar surface area (TPSA) is 85.2 Å². The van der Waals surface area contributed by atoms with Gasteiger partial charge in [0.25, 0.3) is 0 Å². The van der Waals surface area contributed by atoms with Gasteiger partial charge in [-0.15, -0.1) is 0 Å². The van der Waals surface area contributed by atoms with Gasteiger partial charge < -0.3 is 19.9 Å². The van der Waals surface area contributed by atoms with E-state index in [4.69, 9.17) is 9.72 Å². The second kappa shape index (κ2) is 10.4. The number of aromatic nitrogens is 2. The van der Waals surface area contributed by atoms with Crippen LogP contribution in [0.5, 0.6) is 0 Å². The lowest BCUT2D eigenvalue weighted by Crippen LogP contribution is -2.47. The first-order valence-corrected chi connectivity index (χ1v) is 15.1. The molecule has 3 saturated carbocycles. The predicted molar refractivity (Wildman–Crippen MR) is 154 cm³/mol. The zero-order valence-electron chi connectivity index (χ0n) is 24.8. The third-order valence-electron chi connectivity index (χ3n) is 10.5. The van der Waals surface area contributed by atoms with Crippen LogP contribution >= 0.6 is 0 Å². The van der Waals surface area contributed by atoms with Crippen molar-refractivity contribution < 1.29 is 14.3 Å². The Kier molecular flexibility index (Phi) is 7.49. The van der Waals surface area contributed by atoms with Crippen molar-refractivity contribution in [1.29, 1.82) is 0 Å². The molecule has 39 heavy (non-hydrogen) atoms. The Morgan fingerprint density at radius 1 is 1.08 bits per heavy atom. The fourth-order valence-corrected chi connectivity index (χ4v) is 7.71. The molecule has 3 fully saturated rings.